The van der Waals surface area contributed by atoms with Gasteiger partial charge < -0.3 is 9.73 Å². The van der Waals surface area contributed by atoms with Crippen molar-refractivity contribution in [2.45, 2.75) is 20.4 Å². The second kappa shape index (κ2) is 6.66. The molecular weight excluding hydrogens is 311 g/mol. The first-order valence-electron chi connectivity index (χ1n) is 7.58. The Labute approximate surface area is 138 Å². The molecule has 0 atom stereocenters. The molecule has 6 nitrogen and oxygen atoms in total. The predicted octanol–water partition coefficient (Wildman–Crippen LogP) is 3.59. The lowest BCUT2D eigenvalue weighted by Crippen LogP contribution is -2.21. The fourth-order valence-corrected chi connectivity index (χ4v) is 2.12. The first-order chi connectivity index (χ1) is 11.5. The molecule has 0 amide bonds. The van der Waals surface area contributed by atoms with Gasteiger partial charge in [-0.25, -0.2) is 4.39 Å². The van der Waals surface area contributed by atoms with E-state index < -0.39 is 0 Å². The quantitative estimate of drug-likeness (QED) is 0.775. The number of hydrogen-bond acceptors (Lipinski definition) is 5. The van der Waals surface area contributed by atoms with Gasteiger partial charge in [0.2, 0.25) is 11.8 Å². The highest BCUT2D eigenvalue weighted by atomic mass is 19.1. The molecule has 0 saturated carbocycles. The zero-order chi connectivity index (χ0) is 17.1. The predicted molar refractivity (Wildman–Crippen MR) is 86.9 cm³/mol. The van der Waals surface area contributed by atoms with Crippen molar-refractivity contribution in [3.63, 3.8) is 0 Å². The van der Waals surface area contributed by atoms with Crippen molar-refractivity contribution in [1.29, 1.82) is 0 Å². The Morgan fingerprint density at radius 2 is 2.04 bits per heavy atom. The molecule has 124 valence electrons. The van der Waals surface area contributed by atoms with E-state index in [1.807, 2.05) is 0 Å². The molecule has 0 aliphatic carbocycles. The molecular formula is C17H17FN4O2. The highest BCUT2D eigenvalue weighted by Gasteiger charge is 2.20. The van der Waals surface area contributed by atoms with Gasteiger partial charge in [-0.3, -0.25) is 4.79 Å². The van der Waals surface area contributed by atoms with Crippen molar-refractivity contribution in [3.8, 4) is 11.6 Å². The van der Waals surface area contributed by atoms with Crippen molar-refractivity contribution >= 4 is 11.9 Å². The average Bonchev–Trinajstić information content (AvgIpc) is 3.23. The summed E-state index contributed by atoms with van der Waals surface area (Å²) in [6.45, 7) is 3.97. The number of rotatable bonds is 5. The highest BCUT2D eigenvalue weighted by Crippen LogP contribution is 2.19. The van der Waals surface area contributed by atoms with Crippen LogP contribution in [0.5, 0.6) is 0 Å². The second-order valence-electron chi connectivity index (χ2n) is 5.62. The number of furan rings is 1. The molecule has 2 aromatic heterocycles. The topological polar surface area (TPSA) is 73.0 Å². The van der Waals surface area contributed by atoms with Gasteiger partial charge >= 0.3 is 0 Å². The Morgan fingerprint density at radius 3 is 2.67 bits per heavy atom. The largest absolute Gasteiger partial charge is 0.461 e. The van der Waals surface area contributed by atoms with Crippen molar-refractivity contribution in [1.82, 2.24) is 14.8 Å². The van der Waals surface area contributed by atoms with Crippen LogP contribution >= 0.6 is 0 Å². The standard InChI is InChI=1S/C17H17FN4O2/c1-11(2)16(23)22-17(19-10-12-5-7-13(18)8-6-12)20-15(21-22)14-4-3-9-24-14/h3-9,11H,10H2,1-2H3,(H,19,20,21). The lowest BCUT2D eigenvalue weighted by molar-refractivity contribution is 0.0841. The van der Waals surface area contributed by atoms with E-state index >= 15 is 0 Å². The van der Waals surface area contributed by atoms with Gasteiger partial charge in [0.05, 0.1) is 6.26 Å². The van der Waals surface area contributed by atoms with Crippen LogP contribution < -0.4 is 5.32 Å². The SMILES string of the molecule is CC(C)C(=O)n1nc(-c2ccco2)nc1NCc1ccc(F)cc1. The number of benzene rings is 1. The second-order valence-corrected chi connectivity index (χ2v) is 5.62. The number of nitrogens with zero attached hydrogens (tertiary/aromatic N) is 3. The molecule has 7 heteroatoms. The summed E-state index contributed by atoms with van der Waals surface area (Å²) in [7, 11) is 0. The van der Waals surface area contributed by atoms with Gasteiger partial charge in [0.15, 0.2) is 5.76 Å². The summed E-state index contributed by atoms with van der Waals surface area (Å²) >= 11 is 0. The van der Waals surface area contributed by atoms with Crippen LogP contribution in [-0.4, -0.2) is 20.7 Å². The van der Waals surface area contributed by atoms with E-state index in [0.717, 1.165) is 5.56 Å². The summed E-state index contributed by atoms with van der Waals surface area (Å²) in [5.41, 5.74) is 0.863. The lowest BCUT2D eigenvalue weighted by atomic mass is 10.2. The van der Waals surface area contributed by atoms with E-state index in [2.05, 4.69) is 15.4 Å². The van der Waals surface area contributed by atoms with Crippen molar-refractivity contribution in [2.75, 3.05) is 5.32 Å². The molecule has 0 unspecified atom stereocenters. The van der Waals surface area contributed by atoms with Gasteiger partial charge in [-0.15, -0.1) is 5.10 Å². The van der Waals surface area contributed by atoms with Crippen LogP contribution in [0, 0.1) is 11.7 Å². The Hall–Kier alpha value is -2.96. The average molecular weight is 328 g/mol. The minimum Gasteiger partial charge on any atom is -0.461 e. The zero-order valence-corrected chi connectivity index (χ0v) is 13.4. The maximum absolute atomic E-state index is 13.0. The van der Waals surface area contributed by atoms with Gasteiger partial charge in [-0.1, -0.05) is 26.0 Å². The van der Waals surface area contributed by atoms with E-state index in [1.165, 1.54) is 23.1 Å². The fourth-order valence-electron chi connectivity index (χ4n) is 2.12. The third-order valence-corrected chi connectivity index (χ3v) is 3.42. The molecule has 0 aliphatic rings. The third kappa shape index (κ3) is 3.34. The van der Waals surface area contributed by atoms with Crippen LogP contribution in [0.3, 0.4) is 0 Å². The Bertz CT molecular complexity index is 823. The molecule has 0 aliphatic heterocycles. The molecule has 1 N–H and O–H groups in total. The molecule has 0 saturated heterocycles. The maximum atomic E-state index is 13.0. The lowest BCUT2D eigenvalue weighted by Gasteiger charge is -2.08. The summed E-state index contributed by atoms with van der Waals surface area (Å²) in [5, 5.41) is 7.31. The number of anilines is 1. The smallest absolute Gasteiger partial charge is 0.252 e. The third-order valence-electron chi connectivity index (χ3n) is 3.42. The van der Waals surface area contributed by atoms with Gasteiger partial charge in [-0.05, 0) is 29.8 Å². The van der Waals surface area contributed by atoms with Gasteiger partial charge in [-0.2, -0.15) is 9.67 Å². The molecule has 2 heterocycles. The number of nitrogens with one attached hydrogen (secondary N) is 1. The van der Waals surface area contributed by atoms with Crippen molar-refractivity contribution < 1.29 is 13.6 Å². The Balaban J connectivity index is 1.87. The number of carbonyl (C=O) groups excluding carboxylic acids is 1. The molecule has 24 heavy (non-hydrogen) atoms. The van der Waals surface area contributed by atoms with Crippen LogP contribution in [0.4, 0.5) is 10.3 Å². The van der Waals surface area contributed by atoms with Crippen LogP contribution in [0.2, 0.25) is 0 Å². The van der Waals surface area contributed by atoms with E-state index in [0.29, 0.717) is 24.1 Å². The molecule has 0 bridgehead atoms. The van der Waals surface area contributed by atoms with E-state index in [-0.39, 0.29) is 17.6 Å². The van der Waals surface area contributed by atoms with Crippen LogP contribution in [0.1, 0.15) is 24.2 Å². The fraction of sp³-hybridized carbons (Fsp3) is 0.235. The van der Waals surface area contributed by atoms with Crippen LogP contribution in [-0.2, 0) is 6.54 Å². The summed E-state index contributed by atoms with van der Waals surface area (Å²) in [6.07, 6.45) is 1.52. The molecule has 0 fully saturated rings. The summed E-state index contributed by atoms with van der Waals surface area (Å²) in [4.78, 5) is 16.7. The van der Waals surface area contributed by atoms with E-state index in [1.54, 1.807) is 38.1 Å². The van der Waals surface area contributed by atoms with E-state index in [9.17, 15) is 9.18 Å². The molecule has 0 radical (unpaired) electrons. The van der Waals surface area contributed by atoms with Gasteiger partial charge in [0.25, 0.3) is 5.91 Å². The van der Waals surface area contributed by atoms with Crippen LogP contribution in [0.25, 0.3) is 11.6 Å². The summed E-state index contributed by atoms with van der Waals surface area (Å²) < 4.78 is 19.5. The monoisotopic (exact) mass is 328 g/mol. The van der Waals surface area contributed by atoms with Gasteiger partial charge in [0.1, 0.15) is 5.82 Å². The summed E-state index contributed by atoms with van der Waals surface area (Å²) in [5.74, 6) is 0.427. The first-order valence-corrected chi connectivity index (χ1v) is 7.58. The van der Waals surface area contributed by atoms with Crippen molar-refractivity contribution in [3.05, 3.63) is 54.0 Å². The minimum absolute atomic E-state index is 0.179. The number of aromatic nitrogens is 3. The molecule has 3 aromatic rings. The van der Waals surface area contributed by atoms with Gasteiger partial charge in [0, 0.05) is 12.5 Å². The Kier molecular flexibility index (Phi) is 4.41. The highest BCUT2D eigenvalue weighted by molar-refractivity contribution is 5.82. The Morgan fingerprint density at radius 1 is 1.29 bits per heavy atom. The molecule has 0 spiro atoms. The molecule has 1 aromatic carbocycles. The number of halogens is 1. The van der Waals surface area contributed by atoms with Crippen LogP contribution in [0.15, 0.2) is 47.1 Å². The number of hydrogen-bond donors (Lipinski definition) is 1. The minimum atomic E-state index is -0.294. The normalized spacial score (nSPS) is 11.0. The zero-order valence-electron chi connectivity index (χ0n) is 13.4. The summed E-state index contributed by atoms with van der Waals surface area (Å²) in [6, 6.07) is 9.56. The maximum Gasteiger partial charge on any atom is 0.252 e. The van der Waals surface area contributed by atoms with Crippen molar-refractivity contribution in [2.24, 2.45) is 5.92 Å². The van der Waals surface area contributed by atoms with E-state index in [4.69, 9.17) is 4.42 Å². The molecule has 3 rings (SSSR count). The first kappa shape index (κ1) is 15.9. The number of carbonyl (C=O) groups is 1.